The summed E-state index contributed by atoms with van der Waals surface area (Å²) in [6.45, 7) is 5.62. The summed E-state index contributed by atoms with van der Waals surface area (Å²) in [5, 5.41) is 0.371. The van der Waals surface area contributed by atoms with E-state index >= 15 is 0 Å². The maximum atomic E-state index is 14.3. The van der Waals surface area contributed by atoms with Crippen molar-refractivity contribution < 1.29 is 8.78 Å². The second kappa shape index (κ2) is 8.71. The summed E-state index contributed by atoms with van der Waals surface area (Å²) in [6.07, 6.45) is 5.58. The number of halogens is 3. The third-order valence-corrected chi connectivity index (χ3v) is 5.77. The average molecular weight is 454 g/mol. The van der Waals surface area contributed by atoms with Crippen molar-refractivity contribution in [2.24, 2.45) is 0 Å². The van der Waals surface area contributed by atoms with E-state index in [0.29, 0.717) is 17.0 Å². The Bertz CT molecular complexity index is 1360. The average Bonchev–Trinajstić information content (AvgIpc) is 3.16. The molecule has 2 heterocycles. The zero-order valence-corrected chi connectivity index (χ0v) is 18.7. The van der Waals surface area contributed by atoms with Crippen LogP contribution in [0.25, 0.3) is 5.69 Å². The van der Waals surface area contributed by atoms with E-state index in [-0.39, 0.29) is 11.1 Å². The number of hydrogen-bond acceptors (Lipinski definition) is 2. The molecule has 0 aliphatic heterocycles. The van der Waals surface area contributed by atoms with Gasteiger partial charge in [0.15, 0.2) is 0 Å². The molecule has 0 bridgehead atoms. The van der Waals surface area contributed by atoms with Gasteiger partial charge in [0.2, 0.25) is 0 Å². The summed E-state index contributed by atoms with van der Waals surface area (Å²) in [5.74, 6) is -1.37. The first kappa shape index (κ1) is 22.0. The molecule has 4 aromatic rings. The second-order valence-electron chi connectivity index (χ2n) is 7.96. The highest BCUT2D eigenvalue weighted by molar-refractivity contribution is 6.30. The fourth-order valence-corrected chi connectivity index (χ4v) is 4.15. The Kier molecular flexibility index (Phi) is 5.98. The molecule has 0 saturated heterocycles. The number of aromatic nitrogens is 3. The lowest BCUT2D eigenvalue weighted by atomic mass is 10.0. The van der Waals surface area contributed by atoms with Gasteiger partial charge in [-0.05, 0) is 50.1 Å². The molecule has 0 spiro atoms. The summed E-state index contributed by atoms with van der Waals surface area (Å²) in [6, 6.07) is 10.3. The van der Waals surface area contributed by atoms with E-state index in [1.807, 2.05) is 42.8 Å². The quantitative estimate of drug-likeness (QED) is 0.384. The van der Waals surface area contributed by atoms with Gasteiger partial charge < -0.3 is 9.13 Å². The van der Waals surface area contributed by atoms with Crippen molar-refractivity contribution in [2.75, 3.05) is 0 Å². The normalized spacial score (nSPS) is 12.2. The topological polar surface area (TPSA) is 39.8 Å². The van der Waals surface area contributed by atoms with Gasteiger partial charge in [0, 0.05) is 41.7 Å². The molecule has 32 heavy (non-hydrogen) atoms. The van der Waals surface area contributed by atoms with Crippen LogP contribution in [0.1, 0.15) is 40.9 Å². The first-order valence-electron chi connectivity index (χ1n) is 10.2. The van der Waals surface area contributed by atoms with E-state index in [1.165, 1.54) is 22.9 Å². The van der Waals surface area contributed by atoms with Crippen LogP contribution < -0.4 is 5.56 Å². The first-order chi connectivity index (χ1) is 15.2. The Morgan fingerprint density at radius 3 is 2.50 bits per heavy atom. The number of aryl methyl sites for hydroxylation is 2. The molecule has 0 radical (unpaired) electrons. The van der Waals surface area contributed by atoms with Gasteiger partial charge in [-0.3, -0.25) is 4.79 Å². The number of imidazole rings is 1. The molecule has 0 aliphatic carbocycles. The van der Waals surface area contributed by atoms with Crippen molar-refractivity contribution >= 4 is 11.6 Å². The summed E-state index contributed by atoms with van der Waals surface area (Å²) in [7, 11) is 0. The molecular formula is C25H22ClF2N3O. The summed E-state index contributed by atoms with van der Waals surface area (Å²) < 4.78 is 30.9. The number of rotatable bonds is 5. The van der Waals surface area contributed by atoms with E-state index in [9.17, 15) is 13.6 Å². The van der Waals surface area contributed by atoms with Crippen LogP contribution in [-0.4, -0.2) is 14.1 Å². The minimum atomic E-state index is -0.702. The molecule has 7 heteroatoms. The summed E-state index contributed by atoms with van der Waals surface area (Å²) in [5.41, 5.74) is 4.39. The van der Waals surface area contributed by atoms with Crippen LogP contribution in [0.15, 0.2) is 66.0 Å². The zero-order chi connectivity index (χ0) is 23.0. The highest BCUT2D eigenvalue weighted by atomic mass is 35.5. The maximum absolute atomic E-state index is 14.3. The van der Waals surface area contributed by atoms with E-state index in [0.717, 1.165) is 28.6 Å². The van der Waals surface area contributed by atoms with E-state index in [1.54, 1.807) is 19.3 Å². The van der Waals surface area contributed by atoms with Crippen LogP contribution in [0.3, 0.4) is 0 Å². The molecule has 164 valence electrons. The highest BCUT2D eigenvalue weighted by Gasteiger charge is 2.17. The van der Waals surface area contributed by atoms with Gasteiger partial charge in [-0.1, -0.05) is 29.8 Å². The zero-order valence-electron chi connectivity index (χ0n) is 17.9. The fraction of sp³-hybridized carbons (Fsp3) is 0.200. The molecule has 0 saturated carbocycles. The van der Waals surface area contributed by atoms with Crippen LogP contribution in [-0.2, 0) is 6.42 Å². The second-order valence-corrected chi connectivity index (χ2v) is 8.39. The van der Waals surface area contributed by atoms with Gasteiger partial charge in [-0.2, -0.15) is 0 Å². The molecule has 4 rings (SSSR count). The minimum Gasteiger partial charge on any atom is -0.306 e. The summed E-state index contributed by atoms with van der Waals surface area (Å²) >= 11 is 6.30. The van der Waals surface area contributed by atoms with Crippen LogP contribution >= 0.6 is 11.6 Å². The number of benzene rings is 2. The lowest BCUT2D eigenvalue weighted by Gasteiger charge is -2.18. The van der Waals surface area contributed by atoms with Crippen LogP contribution in [0.4, 0.5) is 8.78 Å². The molecular weight excluding hydrogens is 432 g/mol. The molecule has 2 aromatic heterocycles. The third-order valence-electron chi connectivity index (χ3n) is 5.56. The summed E-state index contributed by atoms with van der Waals surface area (Å²) in [4.78, 5) is 17.5. The van der Waals surface area contributed by atoms with Gasteiger partial charge in [0.1, 0.15) is 11.6 Å². The SMILES string of the molecule is Cc1cn(-c2ccc(Cc3cc(Cl)cn([C@@H](C)c4ccc(F)cc4F)c3=O)cc2C)cn1. The molecule has 1 atom stereocenters. The van der Waals surface area contributed by atoms with Crippen molar-refractivity contribution in [1.82, 2.24) is 14.1 Å². The lowest BCUT2D eigenvalue weighted by molar-refractivity contribution is 0.531. The Morgan fingerprint density at radius 1 is 1.06 bits per heavy atom. The van der Waals surface area contributed by atoms with Crippen LogP contribution in [0, 0.1) is 25.5 Å². The van der Waals surface area contributed by atoms with Gasteiger partial charge in [0.25, 0.3) is 5.56 Å². The maximum Gasteiger partial charge on any atom is 0.254 e. The number of hydrogen-bond donors (Lipinski definition) is 0. The molecule has 0 amide bonds. The van der Waals surface area contributed by atoms with Crippen molar-refractivity contribution in [1.29, 1.82) is 0 Å². The number of nitrogens with zero attached hydrogens (tertiary/aromatic N) is 3. The predicted octanol–water partition coefficient (Wildman–Crippen LogP) is 5.78. The molecule has 0 N–H and O–H groups in total. The van der Waals surface area contributed by atoms with Gasteiger partial charge in [-0.25, -0.2) is 13.8 Å². The fourth-order valence-electron chi connectivity index (χ4n) is 3.92. The number of pyridine rings is 1. The first-order valence-corrected chi connectivity index (χ1v) is 10.6. The molecule has 2 aromatic carbocycles. The highest BCUT2D eigenvalue weighted by Crippen LogP contribution is 2.23. The molecule has 0 fully saturated rings. The molecule has 0 aliphatic rings. The minimum absolute atomic E-state index is 0.220. The Morgan fingerprint density at radius 2 is 1.84 bits per heavy atom. The van der Waals surface area contributed by atoms with Crippen LogP contribution in [0.2, 0.25) is 5.02 Å². The van der Waals surface area contributed by atoms with E-state index < -0.39 is 17.7 Å². The largest absolute Gasteiger partial charge is 0.306 e. The van der Waals surface area contributed by atoms with Crippen molar-refractivity contribution in [2.45, 2.75) is 33.2 Å². The Balaban J connectivity index is 1.67. The van der Waals surface area contributed by atoms with Gasteiger partial charge in [-0.15, -0.1) is 0 Å². The lowest BCUT2D eigenvalue weighted by Crippen LogP contribution is -2.27. The van der Waals surface area contributed by atoms with Gasteiger partial charge >= 0.3 is 0 Å². The molecule has 0 unspecified atom stereocenters. The van der Waals surface area contributed by atoms with E-state index in [2.05, 4.69) is 4.98 Å². The molecule has 4 nitrogen and oxygen atoms in total. The standard InChI is InChI=1S/C25H22ClF2N3O/c1-15-8-18(4-7-24(15)30-12-16(2)29-14-30)9-19-10-20(26)13-31(25(19)32)17(3)22-6-5-21(27)11-23(22)28/h4-8,10-14,17H,9H2,1-3H3/t17-/m0/s1. The predicted molar refractivity (Wildman–Crippen MR) is 122 cm³/mol. The van der Waals surface area contributed by atoms with Crippen molar-refractivity contribution in [3.05, 3.63) is 116 Å². The van der Waals surface area contributed by atoms with Crippen molar-refractivity contribution in [3.8, 4) is 5.69 Å². The van der Waals surface area contributed by atoms with E-state index in [4.69, 9.17) is 11.6 Å². The Hall–Kier alpha value is -3.25. The smallest absolute Gasteiger partial charge is 0.254 e. The van der Waals surface area contributed by atoms with Crippen LogP contribution in [0.5, 0.6) is 0 Å². The third kappa shape index (κ3) is 4.36. The Labute approximate surface area is 189 Å². The van der Waals surface area contributed by atoms with Gasteiger partial charge in [0.05, 0.1) is 23.1 Å². The monoisotopic (exact) mass is 453 g/mol. The van der Waals surface area contributed by atoms with Crippen molar-refractivity contribution in [3.63, 3.8) is 0 Å².